The fraction of sp³-hybridized carbons (Fsp3) is 0. The van der Waals surface area contributed by atoms with Crippen LogP contribution in [0.1, 0.15) is 10.4 Å². The Kier molecular flexibility index (Phi) is 2.06. The highest BCUT2D eigenvalue weighted by Gasteiger charge is 2.07. The maximum absolute atomic E-state index is 11.1. The molecule has 1 aromatic heterocycles. The van der Waals surface area contributed by atoms with Crippen molar-refractivity contribution in [3.63, 3.8) is 0 Å². The number of carbonyl (C=O) groups excluding carboxylic acids is 1. The molecule has 0 saturated carbocycles. The molecule has 1 aromatic carbocycles. The number of amides is 1. The number of nitrogens with one attached hydrogen (secondary N) is 1. The second-order valence-electron chi connectivity index (χ2n) is 2.68. The average molecular weight is 209 g/mol. The van der Waals surface area contributed by atoms with Crippen molar-refractivity contribution < 1.29 is 10.0 Å². The molecule has 14 heavy (non-hydrogen) atoms. The van der Waals surface area contributed by atoms with Crippen LogP contribution in [0.15, 0.2) is 18.2 Å². The van der Waals surface area contributed by atoms with Gasteiger partial charge in [-0.05, 0) is 18.2 Å². The van der Waals surface area contributed by atoms with Crippen LogP contribution in [0.4, 0.5) is 5.13 Å². The van der Waals surface area contributed by atoms with Gasteiger partial charge in [0.15, 0.2) is 5.13 Å². The first-order valence-corrected chi connectivity index (χ1v) is 4.63. The Labute approximate surface area is 83.1 Å². The van der Waals surface area contributed by atoms with Gasteiger partial charge in [0.05, 0.1) is 10.2 Å². The van der Waals surface area contributed by atoms with Gasteiger partial charge >= 0.3 is 0 Å². The SMILES string of the molecule is Nc1nc2ccc(C(=O)NO)cc2s1. The topological polar surface area (TPSA) is 88.2 Å². The molecule has 2 rings (SSSR count). The van der Waals surface area contributed by atoms with Gasteiger partial charge in [-0.3, -0.25) is 10.0 Å². The van der Waals surface area contributed by atoms with E-state index in [0.29, 0.717) is 10.7 Å². The molecule has 0 aliphatic heterocycles. The predicted molar refractivity (Wildman–Crippen MR) is 53.3 cm³/mol. The van der Waals surface area contributed by atoms with Gasteiger partial charge in [-0.2, -0.15) is 0 Å². The molecule has 2 aromatic rings. The molecule has 6 heteroatoms. The van der Waals surface area contributed by atoms with Crippen molar-refractivity contribution in [3.05, 3.63) is 23.8 Å². The molecule has 0 unspecified atom stereocenters. The van der Waals surface area contributed by atoms with E-state index in [1.54, 1.807) is 23.7 Å². The van der Waals surface area contributed by atoms with E-state index in [4.69, 9.17) is 10.9 Å². The summed E-state index contributed by atoms with van der Waals surface area (Å²) in [5.74, 6) is -0.543. The number of anilines is 1. The van der Waals surface area contributed by atoms with Crippen molar-refractivity contribution in [2.45, 2.75) is 0 Å². The molecule has 0 aliphatic carbocycles. The highest BCUT2D eigenvalue weighted by Crippen LogP contribution is 2.24. The zero-order chi connectivity index (χ0) is 10.1. The minimum absolute atomic E-state index is 0.378. The Morgan fingerprint density at radius 1 is 1.57 bits per heavy atom. The van der Waals surface area contributed by atoms with E-state index >= 15 is 0 Å². The lowest BCUT2D eigenvalue weighted by Crippen LogP contribution is -2.18. The number of rotatable bonds is 1. The highest BCUT2D eigenvalue weighted by molar-refractivity contribution is 7.22. The van der Waals surface area contributed by atoms with Crippen LogP contribution in [0.25, 0.3) is 10.2 Å². The van der Waals surface area contributed by atoms with Crippen molar-refractivity contribution in [2.24, 2.45) is 0 Å². The van der Waals surface area contributed by atoms with E-state index in [1.165, 1.54) is 11.3 Å². The number of nitrogens with two attached hydrogens (primary N) is 1. The Bertz CT molecular complexity index is 494. The number of carbonyl (C=O) groups is 1. The Hall–Kier alpha value is -1.66. The minimum atomic E-state index is -0.543. The molecule has 4 N–H and O–H groups in total. The van der Waals surface area contributed by atoms with Crippen molar-refractivity contribution in [1.29, 1.82) is 0 Å². The van der Waals surface area contributed by atoms with E-state index in [2.05, 4.69) is 4.98 Å². The average Bonchev–Trinajstić information content (AvgIpc) is 2.55. The van der Waals surface area contributed by atoms with E-state index in [9.17, 15) is 4.79 Å². The number of nitrogens with zero attached hydrogens (tertiary/aromatic N) is 1. The van der Waals surface area contributed by atoms with Gasteiger partial charge in [-0.25, -0.2) is 10.5 Å². The van der Waals surface area contributed by atoms with Gasteiger partial charge in [0.1, 0.15) is 0 Å². The largest absolute Gasteiger partial charge is 0.375 e. The summed E-state index contributed by atoms with van der Waals surface area (Å²) in [6, 6.07) is 4.90. The Morgan fingerprint density at radius 3 is 3.07 bits per heavy atom. The van der Waals surface area contributed by atoms with E-state index in [0.717, 1.165) is 10.2 Å². The molecule has 0 bridgehead atoms. The summed E-state index contributed by atoms with van der Waals surface area (Å²) in [6.45, 7) is 0. The minimum Gasteiger partial charge on any atom is -0.375 e. The number of fused-ring (bicyclic) bond motifs is 1. The first kappa shape index (κ1) is 8.92. The smallest absolute Gasteiger partial charge is 0.274 e. The monoisotopic (exact) mass is 209 g/mol. The lowest BCUT2D eigenvalue weighted by atomic mass is 10.2. The molecular formula is C8H7N3O2S. The maximum atomic E-state index is 11.1. The first-order chi connectivity index (χ1) is 6.70. The van der Waals surface area contributed by atoms with Crippen LogP contribution in [0.5, 0.6) is 0 Å². The van der Waals surface area contributed by atoms with Crippen molar-refractivity contribution in [3.8, 4) is 0 Å². The summed E-state index contributed by atoms with van der Waals surface area (Å²) >= 11 is 1.30. The van der Waals surface area contributed by atoms with E-state index in [-0.39, 0.29) is 0 Å². The predicted octanol–water partition coefficient (Wildman–Crippen LogP) is 0.997. The van der Waals surface area contributed by atoms with Gasteiger partial charge in [0.25, 0.3) is 5.91 Å². The number of thiazole rings is 1. The summed E-state index contributed by atoms with van der Waals surface area (Å²) in [5, 5.41) is 8.89. The van der Waals surface area contributed by atoms with Crippen LogP contribution in [-0.4, -0.2) is 16.1 Å². The molecule has 5 nitrogen and oxygen atoms in total. The number of hydrogen-bond acceptors (Lipinski definition) is 5. The summed E-state index contributed by atoms with van der Waals surface area (Å²) in [5.41, 5.74) is 8.20. The molecule has 1 amide bonds. The van der Waals surface area contributed by atoms with Crippen LogP contribution < -0.4 is 11.2 Å². The standard InChI is InChI=1S/C8H7N3O2S/c9-8-10-5-2-1-4(7(12)11-13)3-6(5)14-8/h1-3,13H,(H2,9,10)(H,11,12). The van der Waals surface area contributed by atoms with Crippen molar-refractivity contribution in [2.75, 3.05) is 5.73 Å². The Morgan fingerprint density at radius 2 is 2.36 bits per heavy atom. The number of nitrogen functional groups attached to an aromatic ring is 1. The molecule has 0 saturated heterocycles. The van der Waals surface area contributed by atoms with Crippen LogP contribution >= 0.6 is 11.3 Å². The van der Waals surface area contributed by atoms with Crippen molar-refractivity contribution in [1.82, 2.24) is 10.5 Å². The molecule has 0 aliphatic rings. The lowest BCUT2D eigenvalue weighted by molar-refractivity contribution is 0.0706. The fourth-order valence-corrected chi connectivity index (χ4v) is 1.92. The molecule has 0 fully saturated rings. The first-order valence-electron chi connectivity index (χ1n) is 3.81. The number of benzene rings is 1. The lowest BCUT2D eigenvalue weighted by Gasteiger charge is -1.96. The van der Waals surface area contributed by atoms with Crippen LogP contribution in [-0.2, 0) is 0 Å². The maximum Gasteiger partial charge on any atom is 0.274 e. The molecule has 72 valence electrons. The van der Waals surface area contributed by atoms with Gasteiger partial charge in [0, 0.05) is 5.56 Å². The summed E-state index contributed by atoms with van der Waals surface area (Å²) in [6.07, 6.45) is 0. The van der Waals surface area contributed by atoms with Gasteiger partial charge in [-0.1, -0.05) is 11.3 Å². The van der Waals surface area contributed by atoms with Gasteiger partial charge in [-0.15, -0.1) is 0 Å². The van der Waals surface area contributed by atoms with E-state index in [1.807, 2.05) is 0 Å². The number of aromatic nitrogens is 1. The molecule has 0 atom stereocenters. The van der Waals surface area contributed by atoms with Crippen molar-refractivity contribution >= 4 is 32.6 Å². The van der Waals surface area contributed by atoms with Crippen LogP contribution in [0.2, 0.25) is 0 Å². The third-order valence-corrected chi connectivity index (χ3v) is 2.62. The summed E-state index contributed by atoms with van der Waals surface area (Å²) in [7, 11) is 0. The molecule has 1 heterocycles. The third kappa shape index (κ3) is 1.40. The molecule has 0 radical (unpaired) electrons. The zero-order valence-electron chi connectivity index (χ0n) is 7.02. The fourth-order valence-electron chi connectivity index (χ4n) is 1.15. The van der Waals surface area contributed by atoms with Crippen LogP contribution in [0.3, 0.4) is 0 Å². The summed E-state index contributed by atoms with van der Waals surface area (Å²) < 4.78 is 0.823. The Balaban J connectivity index is 2.55. The summed E-state index contributed by atoms with van der Waals surface area (Å²) in [4.78, 5) is 15.1. The second kappa shape index (κ2) is 3.24. The molecular weight excluding hydrogens is 202 g/mol. The van der Waals surface area contributed by atoms with Gasteiger partial charge in [0.2, 0.25) is 0 Å². The zero-order valence-corrected chi connectivity index (χ0v) is 7.84. The third-order valence-electron chi connectivity index (χ3n) is 1.77. The van der Waals surface area contributed by atoms with Crippen LogP contribution in [0, 0.1) is 0 Å². The molecule has 0 spiro atoms. The highest BCUT2D eigenvalue weighted by atomic mass is 32.1. The quantitative estimate of drug-likeness (QED) is 0.483. The second-order valence-corrected chi connectivity index (χ2v) is 3.74. The van der Waals surface area contributed by atoms with Gasteiger partial charge < -0.3 is 5.73 Å². The number of hydrogen-bond donors (Lipinski definition) is 3. The van der Waals surface area contributed by atoms with E-state index < -0.39 is 5.91 Å². The number of hydroxylamine groups is 1. The normalized spacial score (nSPS) is 10.4.